The van der Waals surface area contributed by atoms with Gasteiger partial charge < -0.3 is 9.42 Å². The Bertz CT molecular complexity index is 899. The van der Waals surface area contributed by atoms with Crippen LogP contribution in [0, 0.1) is 19.7 Å². The predicted molar refractivity (Wildman–Crippen MR) is 92.9 cm³/mol. The van der Waals surface area contributed by atoms with Crippen LogP contribution >= 0.6 is 0 Å². The molecule has 3 aromatic rings. The molecule has 7 heteroatoms. The van der Waals surface area contributed by atoms with Crippen molar-refractivity contribution in [1.82, 2.24) is 20.0 Å². The van der Waals surface area contributed by atoms with Crippen LogP contribution in [0.3, 0.4) is 0 Å². The number of anilines is 1. The summed E-state index contributed by atoms with van der Waals surface area (Å²) in [7, 11) is 2.07. The molecule has 0 spiro atoms. The van der Waals surface area contributed by atoms with Gasteiger partial charge in [-0.1, -0.05) is 5.16 Å². The van der Waals surface area contributed by atoms with Crippen molar-refractivity contribution in [3.05, 3.63) is 47.3 Å². The molecule has 130 valence electrons. The van der Waals surface area contributed by atoms with Gasteiger partial charge in [0.1, 0.15) is 23.2 Å². The van der Waals surface area contributed by atoms with E-state index in [1.54, 1.807) is 6.07 Å². The van der Waals surface area contributed by atoms with Gasteiger partial charge in [-0.15, -0.1) is 0 Å². The van der Waals surface area contributed by atoms with Gasteiger partial charge in [0.25, 0.3) is 0 Å². The molecule has 0 atom stereocenters. The second-order valence-electron chi connectivity index (χ2n) is 6.66. The summed E-state index contributed by atoms with van der Waals surface area (Å²) in [4.78, 5) is 13.3. The number of fused-ring (bicyclic) bond motifs is 1. The summed E-state index contributed by atoms with van der Waals surface area (Å²) in [5.41, 5.74) is 2.32. The normalized spacial score (nSPS) is 15.2. The number of hydrogen-bond donors (Lipinski definition) is 0. The zero-order valence-electron chi connectivity index (χ0n) is 14.5. The zero-order valence-corrected chi connectivity index (χ0v) is 14.5. The number of likely N-dealkylation sites (N-methyl/N-ethyl adjacent to an activating group) is 1. The van der Waals surface area contributed by atoms with Crippen molar-refractivity contribution in [1.29, 1.82) is 0 Å². The van der Waals surface area contributed by atoms with Crippen molar-refractivity contribution in [2.24, 2.45) is 0 Å². The number of hydrogen-bond acceptors (Lipinski definition) is 6. The van der Waals surface area contributed by atoms with Gasteiger partial charge in [-0.25, -0.2) is 14.4 Å². The SMILES string of the molecule is Cc1cc(N2CC(N(C)Cc3noc4cc(F)ccc34)C2)nc(C)n1. The van der Waals surface area contributed by atoms with Crippen LogP contribution in [0.1, 0.15) is 17.2 Å². The number of aryl methyl sites for hydroxylation is 2. The Morgan fingerprint density at radius 3 is 2.80 bits per heavy atom. The van der Waals surface area contributed by atoms with Crippen molar-refractivity contribution >= 4 is 16.8 Å². The summed E-state index contributed by atoms with van der Waals surface area (Å²) in [5.74, 6) is 1.47. The van der Waals surface area contributed by atoms with Crippen LogP contribution in [0.15, 0.2) is 28.8 Å². The molecule has 0 bridgehead atoms. The first-order valence-corrected chi connectivity index (χ1v) is 8.31. The van der Waals surface area contributed by atoms with Crippen molar-refractivity contribution < 1.29 is 8.91 Å². The number of nitrogens with zero attached hydrogens (tertiary/aromatic N) is 5. The Hall–Kier alpha value is -2.54. The van der Waals surface area contributed by atoms with Gasteiger partial charge in [-0.2, -0.15) is 0 Å². The maximum atomic E-state index is 13.2. The number of halogens is 1. The largest absolute Gasteiger partial charge is 0.356 e. The highest BCUT2D eigenvalue weighted by atomic mass is 19.1. The molecule has 0 aliphatic carbocycles. The number of aromatic nitrogens is 3. The second kappa shape index (κ2) is 6.07. The Morgan fingerprint density at radius 2 is 2.04 bits per heavy atom. The molecule has 0 radical (unpaired) electrons. The molecule has 0 N–H and O–H groups in total. The van der Waals surface area contributed by atoms with Gasteiger partial charge in [0, 0.05) is 48.9 Å². The molecular weight excluding hydrogens is 321 g/mol. The van der Waals surface area contributed by atoms with Gasteiger partial charge in [0.05, 0.1) is 0 Å². The van der Waals surface area contributed by atoms with E-state index in [1.165, 1.54) is 12.1 Å². The van der Waals surface area contributed by atoms with Crippen LogP contribution in [0.2, 0.25) is 0 Å². The highest BCUT2D eigenvalue weighted by molar-refractivity contribution is 5.79. The first-order chi connectivity index (χ1) is 12.0. The predicted octanol–water partition coefficient (Wildman–Crippen LogP) is 2.69. The van der Waals surface area contributed by atoms with Gasteiger partial charge in [0.2, 0.25) is 0 Å². The van der Waals surface area contributed by atoms with Crippen LogP contribution in [0.4, 0.5) is 10.2 Å². The molecule has 25 heavy (non-hydrogen) atoms. The summed E-state index contributed by atoms with van der Waals surface area (Å²) in [6.07, 6.45) is 0. The minimum absolute atomic E-state index is 0.311. The van der Waals surface area contributed by atoms with Crippen LogP contribution < -0.4 is 4.90 Å². The van der Waals surface area contributed by atoms with Crippen LogP contribution in [-0.4, -0.2) is 46.2 Å². The maximum Gasteiger partial charge on any atom is 0.170 e. The quantitative estimate of drug-likeness (QED) is 0.727. The van der Waals surface area contributed by atoms with Crippen molar-refractivity contribution in [3.63, 3.8) is 0 Å². The standard InChI is InChI=1S/C18H20FN5O/c1-11-6-18(21-12(2)20-11)24-8-14(9-24)23(3)10-16-15-5-4-13(19)7-17(15)25-22-16/h4-7,14H,8-10H2,1-3H3. The maximum absolute atomic E-state index is 13.2. The summed E-state index contributed by atoms with van der Waals surface area (Å²) in [5, 5.41) is 4.97. The first-order valence-electron chi connectivity index (χ1n) is 8.31. The summed E-state index contributed by atoms with van der Waals surface area (Å²) < 4.78 is 18.5. The molecule has 2 aromatic heterocycles. The van der Waals surface area contributed by atoms with Crippen molar-refractivity contribution in [2.45, 2.75) is 26.4 Å². The molecular formula is C18H20FN5O. The summed E-state index contributed by atoms with van der Waals surface area (Å²) in [6, 6.07) is 6.97. The molecule has 1 saturated heterocycles. The zero-order chi connectivity index (χ0) is 17.6. The molecule has 0 saturated carbocycles. The minimum atomic E-state index is -0.311. The topological polar surface area (TPSA) is 58.3 Å². The van der Waals surface area contributed by atoms with E-state index in [-0.39, 0.29) is 5.82 Å². The van der Waals surface area contributed by atoms with Crippen LogP contribution in [-0.2, 0) is 6.54 Å². The van der Waals surface area contributed by atoms with Gasteiger partial charge in [0.15, 0.2) is 5.58 Å². The second-order valence-corrected chi connectivity index (χ2v) is 6.66. The van der Waals surface area contributed by atoms with E-state index in [4.69, 9.17) is 4.52 Å². The Kier molecular flexibility index (Phi) is 3.88. The van der Waals surface area contributed by atoms with Crippen molar-refractivity contribution in [2.75, 3.05) is 25.0 Å². The Morgan fingerprint density at radius 1 is 1.24 bits per heavy atom. The van der Waals surface area contributed by atoms with E-state index in [0.29, 0.717) is 18.2 Å². The summed E-state index contributed by atoms with van der Waals surface area (Å²) in [6.45, 7) is 6.39. The lowest BCUT2D eigenvalue weighted by atomic mass is 10.1. The van der Waals surface area contributed by atoms with E-state index in [2.05, 4.69) is 32.0 Å². The van der Waals surface area contributed by atoms with Gasteiger partial charge in [-0.05, 0) is 33.0 Å². The Labute approximate surface area is 145 Å². The minimum Gasteiger partial charge on any atom is -0.356 e. The highest BCUT2D eigenvalue weighted by Gasteiger charge is 2.31. The average molecular weight is 341 g/mol. The van der Waals surface area contributed by atoms with Gasteiger partial charge in [-0.3, -0.25) is 4.90 Å². The molecule has 1 fully saturated rings. The van der Waals surface area contributed by atoms with Gasteiger partial charge >= 0.3 is 0 Å². The third-order valence-electron chi connectivity index (χ3n) is 4.67. The molecule has 4 rings (SSSR count). The van der Waals surface area contributed by atoms with E-state index in [0.717, 1.165) is 41.5 Å². The lowest BCUT2D eigenvalue weighted by Crippen LogP contribution is -2.58. The van der Waals surface area contributed by atoms with E-state index in [1.807, 2.05) is 19.9 Å². The number of rotatable bonds is 4. The fourth-order valence-electron chi connectivity index (χ4n) is 3.22. The molecule has 0 amide bonds. The molecule has 1 aliphatic rings. The lowest BCUT2D eigenvalue weighted by molar-refractivity contribution is 0.192. The third kappa shape index (κ3) is 3.07. The van der Waals surface area contributed by atoms with Crippen LogP contribution in [0.5, 0.6) is 0 Å². The summed E-state index contributed by atoms with van der Waals surface area (Å²) >= 11 is 0. The molecule has 1 aromatic carbocycles. The van der Waals surface area contributed by atoms with E-state index >= 15 is 0 Å². The fraction of sp³-hybridized carbons (Fsp3) is 0.389. The lowest BCUT2D eigenvalue weighted by Gasteiger charge is -2.44. The molecule has 3 heterocycles. The van der Waals surface area contributed by atoms with Crippen LogP contribution in [0.25, 0.3) is 11.0 Å². The number of benzene rings is 1. The molecule has 1 aliphatic heterocycles. The molecule has 6 nitrogen and oxygen atoms in total. The smallest absolute Gasteiger partial charge is 0.170 e. The average Bonchev–Trinajstić information content (AvgIpc) is 2.86. The molecule has 0 unspecified atom stereocenters. The van der Waals surface area contributed by atoms with Crippen molar-refractivity contribution in [3.8, 4) is 0 Å². The highest BCUT2D eigenvalue weighted by Crippen LogP contribution is 2.25. The van der Waals surface area contributed by atoms with E-state index < -0.39 is 0 Å². The Balaban J connectivity index is 1.42. The monoisotopic (exact) mass is 341 g/mol. The third-order valence-corrected chi connectivity index (χ3v) is 4.67. The van der Waals surface area contributed by atoms with E-state index in [9.17, 15) is 4.39 Å². The fourth-order valence-corrected chi connectivity index (χ4v) is 3.22. The first kappa shape index (κ1) is 16.0.